The van der Waals surface area contributed by atoms with Crippen LogP contribution in [-0.4, -0.2) is 59.3 Å². The highest BCUT2D eigenvalue weighted by Crippen LogP contribution is 2.14. The molecular weight excluding hydrogens is 572 g/mol. The molecule has 9 heteroatoms. The zero-order chi connectivity index (χ0) is 33.4. The fourth-order valence-corrected chi connectivity index (χ4v) is 4.86. The van der Waals surface area contributed by atoms with E-state index in [4.69, 9.17) is 14.9 Å². The third kappa shape index (κ3) is 28.5. The number of aliphatic hydroxyl groups is 1. The fraction of sp³-hybridized carbons (Fsp3) is 0.778. The van der Waals surface area contributed by atoms with E-state index in [0.717, 1.165) is 64.2 Å². The first-order valence-corrected chi connectivity index (χ1v) is 17.7. The lowest BCUT2D eigenvalue weighted by molar-refractivity contribution is -0.147. The Kier molecular flexibility index (Phi) is 29.4. The summed E-state index contributed by atoms with van der Waals surface area (Å²) in [5.74, 6) is -2.42. The number of carboxylic acids is 1. The van der Waals surface area contributed by atoms with Crippen molar-refractivity contribution in [3.8, 4) is 0 Å². The lowest BCUT2D eigenvalue weighted by atomic mass is 10.1. The van der Waals surface area contributed by atoms with E-state index in [-0.39, 0.29) is 30.9 Å². The van der Waals surface area contributed by atoms with Crippen molar-refractivity contribution in [3.63, 3.8) is 0 Å². The average Bonchev–Trinajstić information content (AvgIpc) is 3.02. The Morgan fingerprint density at radius 1 is 0.667 bits per heavy atom. The summed E-state index contributed by atoms with van der Waals surface area (Å²) in [7, 11) is 0. The average molecular weight is 637 g/mol. The molecular formula is C36H64N2O7. The molecule has 0 fully saturated rings. The van der Waals surface area contributed by atoms with Crippen LogP contribution in [0.2, 0.25) is 0 Å². The predicted molar refractivity (Wildman–Crippen MR) is 181 cm³/mol. The van der Waals surface area contributed by atoms with Gasteiger partial charge in [-0.3, -0.25) is 14.4 Å². The van der Waals surface area contributed by atoms with Crippen molar-refractivity contribution in [2.24, 2.45) is 0 Å². The summed E-state index contributed by atoms with van der Waals surface area (Å²) in [4.78, 5) is 47.0. The van der Waals surface area contributed by atoms with Crippen molar-refractivity contribution in [2.45, 2.75) is 167 Å². The molecule has 0 rings (SSSR count). The highest BCUT2D eigenvalue weighted by molar-refractivity contribution is 5.87. The number of nitrogens with one attached hydrogen (secondary N) is 2. The summed E-state index contributed by atoms with van der Waals surface area (Å²) in [6.45, 7) is 3.31. The molecule has 0 radical (unpaired) electrons. The van der Waals surface area contributed by atoms with Crippen LogP contribution in [0.15, 0.2) is 24.3 Å². The molecule has 0 aliphatic rings. The highest BCUT2D eigenvalue weighted by Gasteiger charge is 2.18. The summed E-state index contributed by atoms with van der Waals surface area (Å²) in [6.07, 6.45) is 31.2. The number of amides is 2. The first-order chi connectivity index (χ1) is 21.8. The number of aliphatic hydroxyl groups excluding tert-OH is 1. The van der Waals surface area contributed by atoms with Gasteiger partial charge in [0.15, 0.2) is 0 Å². The van der Waals surface area contributed by atoms with E-state index >= 15 is 0 Å². The summed E-state index contributed by atoms with van der Waals surface area (Å²) in [5.41, 5.74) is 0. The molecule has 9 nitrogen and oxygen atoms in total. The number of carbonyl (C=O) groups excluding carboxylic acids is 3. The van der Waals surface area contributed by atoms with E-state index in [9.17, 15) is 19.2 Å². The van der Waals surface area contributed by atoms with Crippen molar-refractivity contribution in [3.05, 3.63) is 24.3 Å². The number of carboxylic acid groups (broad SMARTS) is 1. The van der Waals surface area contributed by atoms with Crippen molar-refractivity contribution in [1.82, 2.24) is 10.6 Å². The third-order valence-corrected chi connectivity index (χ3v) is 7.64. The molecule has 0 aromatic heterocycles. The number of aliphatic carboxylic acids is 1. The standard InChI is InChI=1S/C36H64N2O7/c1-3-5-7-8-9-10-11-12-13-14-15-16-17-18-24-28-35(42)45-31(25-21-6-4-2)26-22-19-20-23-27-33(40)37-29-34(41)38-32(30-39)36(43)44/h12-13,21,25,31-32,39H,3-11,14-20,22-24,26-30H2,1-2H3,(H,37,40)(H,38,41)(H,43,44)/b13-12-,25-21-. The number of esters is 1. The van der Waals surface area contributed by atoms with E-state index in [1.807, 2.05) is 6.08 Å². The van der Waals surface area contributed by atoms with Gasteiger partial charge in [-0.25, -0.2) is 4.79 Å². The number of carbonyl (C=O) groups is 4. The van der Waals surface area contributed by atoms with Gasteiger partial charge < -0.3 is 25.6 Å². The number of hydrogen-bond donors (Lipinski definition) is 4. The SMILES string of the molecule is CCC/C=C\C(CCCCCCC(=O)NCC(=O)NC(CO)C(=O)O)OC(=O)CCCCCCC/C=C\CCCCCCCC. The van der Waals surface area contributed by atoms with Crippen molar-refractivity contribution >= 4 is 23.8 Å². The highest BCUT2D eigenvalue weighted by atomic mass is 16.5. The quantitative estimate of drug-likeness (QED) is 0.0355. The van der Waals surface area contributed by atoms with Gasteiger partial charge in [0.25, 0.3) is 0 Å². The number of ether oxygens (including phenoxy) is 1. The van der Waals surface area contributed by atoms with Crippen LogP contribution in [0.5, 0.6) is 0 Å². The topological polar surface area (TPSA) is 142 Å². The second-order valence-electron chi connectivity index (χ2n) is 11.9. The number of rotatable bonds is 31. The van der Waals surface area contributed by atoms with Gasteiger partial charge >= 0.3 is 11.9 Å². The molecule has 0 aromatic rings. The summed E-state index contributed by atoms with van der Waals surface area (Å²) < 4.78 is 5.78. The van der Waals surface area contributed by atoms with Gasteiger partial charge in [-0.1, -0.05) is 103 Å². The maximum Gasteiger partial charge on any atom is 0.328 e. The van der Waals surface area contributed by atoms with Gasteiger partial charge in [-0.15, -0.1) is 0 Å². The molecule has 2 atom stereocenters. The smallest absolute Gasteiger partial charge is 0.328 e. The van der Waals surface area contributed by atoms with E-state index < -0.39 is 24.5 Å². The van der Waals surface area contributed by atoms with Crippen molar-refractivity contribution in [2.75, 3.05) is 13.2 Å². The lowest BCUT2D eigenvalue weighted by Crippen LogP contribution is -2.47. The van der Waals surface area contributed by atoms with Crippen molar-refractivity contribution < 1.29 is 34.1 Å². The molecule has 0 saturated carbocycles. The van der Waals surface area contributed by atoms with E-state index in [1.54, 1.807) is 0 Å². The minimum Gasteiger partial charge on any atom is -0.480 e. The molecule has 45 heavy (non-hydrogen) atoms. The van der Waals surface area contributed by atoms with Crippen LogP contribution < -0.4 is 10.6 Å². The maximum atomic E-state index is 12.5. The first kappa shape index (κ1) is 42.3. The predicted octanol–water partition coefficient (Wildman–Crippen LogP) is 7.31. The minimum atomic E-state index is -1.39. The Morgan fingerprint density at radius 3 is 1.84 bits per heavy atom. The fourth-order valence-electron chi connectivity index (χ4n) is 4.86. The van der Waals surface area contributed by atoms with Crippen LogP contribution >= 0.6 is 0 Å². The largest absolute Gasteiger partial charge is 0.480 e. The van der Waals surface area contributed by atoms with Gasteiger partial charge in [0, 0.05) is 12.8 Å². The monoisotopic (exact) mass is 636 g/mol. The lowest BCUT2D eigenvalue weighted by Gasteiger charge is -2.15. The molecule has 0 aliphatic heterocycles. The molecule has 0 heterocycles. The second-order valence-corrected chi connectivity index (χ2v) is 11.9. The summed E-state index contributed by atoms with van der Waals surface area (Å²) in [6, 6.07) is -1.39. The zero-order valence-corrected chi connectivity index (χ0v) is 28.4. The third-order valence-electron chi connectivity index (χ3n) is 7.64. The summed E-state index contributed by atoms with van der Waals surface area (Å²) in [5, 5.41) is 22.4. The van der Waals surface area contributed by atoms with Crippen LogP contribution in [0, 0.1) is 0 Å². The Morgan fingerprint density at radius 2 is 1.24 bits per heavy atom. The molecule has 0 bridgehead atoms. The molecule has 2 unspecified atom stereocenters. The van der Waals surface area contributed by atoms with Gasteiger partial charge in [0.1, 0.15) is 12.1 Å². The first-order valence-electron chi connectivity index (χ1n) is 17.7. The Hall–Kier alpha value is -2.68. The number of unbranched alkanes of at least 4 members (excludes halogenated alkanes) is 15. The molecule has 260 valence electrons. The number of allylic oxidation sites excluding steroid dienone is 3. The molecule has 0 aromatic carbocycles. The van der Waals surface area contributed by atoms with Gasteiger partial charge in [0.05, 0.1) is 13.2 Å². The van der Waals surface area contributed by atoms with E-state index in [2.05, 4.69) is 42.7 Å². The van der Waals surface area contributed by atoms with Gasteiger partial charge in [0.2, 0.25) is 11.8 Å². The zero-order valence-electron chi connectivity index (χ0n) is 28.4. The van der Waals surface area contributed by atoms with Crippen molar-refractivity contribution in [1.29, 1.82) is 0 Å². The number of hydrogen-bond acceptors (Lipinski definition) is 6. The molecule has 0 saturated heterocycles. The van der Waals surface area contributed by atoms with Crippen LogP contribution in [0.25, 0.3) is 0 Å². The van der Waals surface area contributed by atoms with E-state index in [1.165, 1.54) is 57.8 Å². The molecule has 4 N–H and O–H groups in total. The van der Waals surface area contributed by atoms with Crippen LogP contribution in [0.3, 0.4) is 0 Å². The van der Waals surface area contributed by atoms with Gasteiger partial charge in [-0.2, -0.15) is 0 Å². The van der Waals surface area contributed by atoms with Crippen LogP contribution in [-0.2, 0) is 23.9 Å². The summed E-state index contributed by atoms with van der Waals surface area (Å²) >= 11 is 0. The van der Waals surface area contributed by atoms with Crippen LogP contribution in [0.4, 0.5) is 0 Å². The Bertz CT molecular complexity index is 828. The van der Waals surface area contributed by atoms with Crippen LogP contribution in [0.1, 0.15) is 155 Å². The Labute approximate surface area is 273 Å². The van der Waals surface area contributed by atoms with E-state index in [0.29, 0.717) is 12.8 Å². The van der Waals surface area contributed by atoms with Gasteiger partial charge in [-0.05, 0) is 63.9 Å². The Balaban J connectivity index is 4.00. The second kappa shape index (κ2) is 31.3. The molecule has 2 amide bonds. The maximum absolute atomic E-state index is 12.5. The normalized spacial score (nSPS) is 12.8. The minimum absolute atomic E-state index is 0.131. The molecule has 0 spiro atoms. The molecule has 0 aliphatic carbocycles.